The Kier molecular flexibility index (Phi) is 4.07. The van der Waals surface area contributed by atoms with Crippen molar-refractivity contribution in [3.05, 3.63) is 11.4 Å². The van der Waals surface area contributed by atoms with Gasteiger partial charge in [0.2, 0.25) is 10.0 Å². The number of nitrogens with zero attached hydrogens (tertiary/aromatic N) is 2. The zero-order chi connectivity index (χ0) is 14.2. The van der Waals surface area contributed by atoms with Gasteiger partial charge in [-0.1, -0.05) is 0 Å². The maximum absolute atomic E-state index is 12.8. The van der Waals surface area contributed by atoms with Gasteiger partial charge in [0.05, 0.1) is 11.4 Å². The van der Waals surface area contributed by atoms with Crippen LogP contribution >= 0.6 is 11.8 Å². The molecular weight excluding hydrogens is 296 g/mol. The lowest BCUT2D eigenvalue weighted by Crippen LogP contribution is -2.38. The van der Waals surface area contributed by atoms with Crippen LogP contribution in [-0.4, -0.2) is 53.6 Å². The number of sulfonamides is 1. The number of rotatable bonds is 5. The van der Waals surface area contributed by atoms with Gasteiger partial charge in [-0.2, -0.15) is 21.2 Å². The maximum Gasteiger partial charge on any atom is 0.246 e. The minimum atomic E-state index is -3.42. The van der Waals surface area contributed by atoms with Gasteiger partial charge in [0.15, 0.2) is 0 Å². The quantitative estimate of drug-likeness (QED) is 0.836. The SMILES string of the molecule is Cc1[nH]nc(CNC2CC2)c1S(=O)(=O)N1CCSCC1. The Balaban J connectivity index is 1.84. The normalized spacial score (nSPS) is 21.2. The first-order chi connectivity index (χ1) is 9.59. The van der Waals surface area contributed by atoms with Crippen molar-refractivity contribution in [1.29, 1.82) is 0 Å². The second kappa shape index (κ2) is 5.67. The van der Waals surface area contributed by atoms with E-state index in [9.17, 15) is 8.42 Å². The summed E-state index contributed by atoms with van der Waals surface area (Å²) < 4.78 is 27.1. The number of hydrogen-bond donors (Lipinski definition) is 2. The molecule has 0 radical (unpaired) electrons. The molecule has 8 heteroatoms. The number of aryl methyl sites for hydroxylation is 1. The fraction of sp³-hybridized carbons (Fsp3) is 0.750. The van der Waals surface area contributed by atoms with Gasteiger partial charge in [-0.05, 0) is 19.8 Å². The van der Waals surface area contributed by atoms with Crippen LogP contribution in [0.15, 0.2) is 4.90 Å². The van der Waals surface area contributed by atoms with Crippen molar-refractivity contribution in [2.75, 3.05) is 24.6 Å². The molecule has 1 aromatic rings. The van der Waals surface area contributed by atoms with Crippen LogP contribution in [0.1, 0.15) is 24.2 Å². The molecule has 1 saturated heterocycles. The first-order valence-electron chi connectivity index (χ1n) is 6.94. The summed E-state index contributed by atoms with van der Waals surface area (Å²) in [6.07, 6.45) is 2.35. The van der Waals surface area contributed by atoms with Crippen LogP contribution in [0.2, 0.25) is 0 Å². The number of hydrogen-bond acceptors (Lipinski definition) is 5. The fourth-order valence-electron chi connectivity index (χ4n) is 2.38. The highest BCUT2D eigenvalue weighted by molar-refractivity contribution is 7.99. The van der Waals surface area contributed by atoms with Gasteiger partial charge in [-0.25, -0.2) is 8.42 Å². The van der Waals surface area contributed by atoms with Crippen molar-refractivity contribution >= 4 is 21.8 Å². The molecule has 0 spiro atoms. The average Bonchev–Trinajstić information content (AvgIpc) is 3.20. The molecule has 0 atom stereocenters. The van der Waals surface area contributed by atoms with Crippen molar-refractivity contribution in [3.8, 4) is 0 Å². The summed E-state index contributed by atoms with van der Waals surface area (Å²) in [7, 11) is -3.42. The van der Waals surface area contributed by atoms with Gasteiger partial charge in [0.25, 0.3) is 0 Å². The summed E-state index contributed by atoms with van der Waals surface area (Å²) in [5, 5.41) is 10.3. The molecule has 2 N–H and O–H groups in total. The smallest absolute Gasteiger partial charge is 0.246 e. The lowest BCUT2D eigenvalue weighted by Gasteiger charge is -2.25. The molecule has 0 aromatic carbocycles. The zero-order valence-electron chi connectivity index (χ0n) is 11.6. The summed E-state index contributed by atoms with van der Waals surface area (Å²) in [6.45, 7) is 3.48. The molecule has 6 nitrogen and oxygen atoms in total. The number of thioether (sulfide) groups is 1. The van der Waals surface area contributed by atoms with E-state index in [1.54, 1.807) is 23.0 Å². The Bertz CT molecular complexity index is 574. The van der Waals surface area contributed by atoms with Crippen molar-refractivity contribution in [1.82, 2.24) is 19.8 Å². The van der Waals surface area contributed by atoms with Crippen LogP contribution in [0.4, 0.5) is 0 Å². The van der Waals surface area contributed by atoms with Gasteiger partial charge in [-0.15, -0.1) is 0 Å². The molecule has 0 unspecified atom stereocenters. The number of H-pyrrole nitrogens is 1. The molecule has 1 saturated carbocycles. The predicted octanol–water partition coefficient (Wildman–Crippen LogP) is 0.708. The van der Waals surface area contributed by atoms with Gasteiger partial charge >= 0.3 is 0 Å². The van der Waals surface area contributed by atoms with E-state index in [-0.39, 0.29) is 0 Å². The van der Waals surface area contributed by atoms with Crippen molar-refractivity contribution in [2.24, 2.45) is 0 Å². The minimum Gasteiger partial charge on any atom is -0.308 e. The average molecular weight is 316 g/mol. The topological polar surface area (TPSA) is 78.1 Å². The third-order valence-corrected chi connectivity index (χ3v) is 6.71. The van der Waals surface area contributed by atoms with Crippen molar-refractivity contribution < 1.29 is 8.42 Å². The molecular formula is C12H20N4O2S2. The zero-order valence-corrected chi connectivity index (χ0v) is 13.2. The molecule has 1 aromatic heterocycles. The van der Waals surface area contributed by atoms with Crippen LogP contribution in [0.5, 0.6) is 0 Å². The van der Waals surface area contributed by atoms with Crippen LogP contribution in [0.25, 0.3) is 0 Å². The number of aromatic nitrogens is 2. The lowest BCUT2D eigenvalue weighted by atomic mass is 10.3. The third-order valence-electron chi connectivity index (χ3n) is 3.66. The second-order valence-electron chi connectivity index (χ2n) is 5.30. The van der Waals surface area contributed by atoms with E-state index in [2.05, 4.69) is 15.5 Å². The van der Waals surface area contributed by atoms with E-state index < -0.39 is 10.0 Å². The summed E-state index contributed by atoms with van der Waals surface area (Å²) in [5.74, 6) is 1.73. The molecule has 0 bridgehead atoms. The Morgan fingerprint density at radius 3 is 2.75 bits per heavy atom. The lowest BCUT2D eigenvalue weighted by molar-refractivity contribution is 0.442. The molecule has 1 aliphatic carbocycles. The Morgan fingerprint density at radius 2 is 2.10 bits per heavy atom. The molecule has 3 rings (SSSR count). The van der Waals surface area contributed by atoms with E-state index in [4.69, 9.17) is 0 Å². The summed E-state index contributed by atoms with van der Waals surface area (Å²) >= 11 is 1.80. The van der Waals surface area contributed by atoms with Gasteiger partial charge in [-0.3, -0.25) is 5.10 Å². The monoisotopic (exact) mass is 316 g/mol. The Hall–Kier alpha value is -0.570. The van der Waals surface area contributed by atoms with Crippen molar-refractivity contribution in [3.63, 3.8) is 0 Å². The maximum atomic E-state index is 12.8. The second-order valence-corrected chi connectivity index (χ2v) is 8.40. The molecule has 0 amide bonds. The summed E-state index contributed by atoms with van der Waals surface area (Å²) in [5.41, 5.74) is 1.25. The Labute approximate surface area is 123 Å². The molecule has 2 aliphatic rings. The highest BCUT2D eigenvalue weighted by Crippen LogP contribution is 2.26. The summed E-state index contributed by atoms with van der Waals surface area (Å²) in [4.78, 5) is 0.373. The molecule has 2 fully saturated rings. The highest BCUT2D eigenvalue weighted by atomic mass is 32.2. The van der Waals surface area contributed by atoms with E-state index in [0.717, 1.165) is 11.5 Å². The predicted molar refractivity (Wildman–Crippen MR) is 79.3 cm³/mol. The highest BCUT2D eigenvalue weighted by Gasteiger charge is 2.32. The van der Waals surface area contributed by atoms with Crippen LogP contribution in [0, 0.1) is 6.92 Å². The first kappa shape index (κ1) is 14.4. The Morgan fingerprint density at radius 1 is 1.40 bits per heavy atom. The van der Waals surface area contributed by atoms with Gasteiger partial charge in [0.1, 0.15) is 4.90 Å². The van der Waals surface area contributed by atoms with Crippen LogP contribution in [-0.2, 0) is 16.6 Å². The molecule has 2 heterocycles. The largest absolute Gasteiger partial charge is 0.308 e. The number of nitrogens with one attached hydrogen (secondary N) is 2. The van der Waals surface area contributed by atoms with E-state index >= 15 is 0 Å². The summed E-state index contributed by atoms with van der Waals surface area (Å²) in [6, 6.07) is 0.536. The first-order valence-corrected chi connectivity index (χ1v) is 9.53. The van der Waals surface area contributed by atoms with Crippen LogP contribution in [0.3, 0.4) is 0 Å². The molecule has 1 aliphatic heterocycles. The third kappa shape index (κ3) is 2.88. The number of aromatic amines is 1. The van der Waals surface area contributed by atoms with E-state index in [0.29, 0.717) is 42.0 Å². The fourth-order valence-corrected chi connectivity index (χ4v) is 5.28. The minimum absolute atomic E-state index is 0.373. The van der Waals surface area contributed by atoms with Crippen molar-refractivity contribution in [2.45, 2.75) is 37.2 Å². The van der Waals surface area contributed by atoms with E-state index in [1.807, 2.05) is 0 Å². The standard InChI is InChI=1S/C12H20N4O2S2/c1-9-12(11(15-14-9)8-13-10-2-3-10)20(17,18)16-4-6-19-7-5-16/h10,13H,2-8H2,1H3,(H,14,15). The molecule has 112 valence electrons. The van der Waals surface area contributed by atoms with Crippen LogP contribution < -0.4 is 5.32 Å². The van der Waals surface area contributed by atoms with Gasteiger partial charge in [0, 0.05) is 37.2 Å². The van der Waals surface area contributed by atoms with Gasteiger partial charge < -0.3 is 5.32 Å². The van der Waals surface area contributed by atoms with E-state index in [1.165, 1.54) is 12.8 Å². The molecule has 20 heavy (non-hydrogen) atoms.